The zero-order chi connectivity index (χ0) is 22.0. The lowest BCUT2D eigenvalue weighted by Gasteiger charge is -2.24. The van der Waals surface area contributed by atoms with Gasteiger partial charge in [0.25, 0.3) is 0 Å². The first kappa shape index (κ1) is 22.0. The number of ether oxygens (including phenoxy) is 1. The minimum absolute atomic E-state index is 0.104. The second kappa shape index (κ2) is 9.13. The number of alkyl halides is 3. The molecule has 4 rings (SSSR count). The van der Waals surface area contributed by atoms with Crippen LogP contribution in [0.25, 0.3) is 11.1 Å². The second-order valence-electron chi connectivity index (χ2n) is 7.16. The third-order valence-corrected chi connectivity index (χ3v) is 5.73. The highest BCUT2D eigenvalue weighted by Gasteiger charge is 2.32. The number of H-pyrrole nitrogens is 1. The number of nitrogens with one attached hydrogen (secondary N) is 3. The number of benzene rings is 2. The number of hydrogen-bond donors (Lipinski definition) is 4. The first-order valence-electron chi connectivity index (χ1n) is 9.63. The van der Waals surface area contributed by atoms with Gasteiger partial charge < -0.3 is 21.1 Å². The molecule has 0 saturated carbocycles. The number of aromatic nitrogens is 3. The minimum Gasteiger partial charge on any atom is -0.489 e. The maximum atomic E-state index is 14.5. The van der Waals surface area contributed by atoms with Gasteiger partial charge in [0.15, 0.2) is 0 Å². The van der Waals surface area contributed by atoms with Gasteiger partial charge in [0.05, 0.1) is 5.02 Å². The Balaban J connectivity index is 1.63. The molecule has 2 aromatic carbocycles. The number of nitrogens with two attached hydrogens (primary N) is 1. The maximum absolute atomic E-state index is 14.5. The number of nitrogen functional groups attached to an aromatic ring is 1. The molecule has 1 aliphatic heterocycles. The molecule has 11 heteroatoms. The van der Waals surface area contributed by atoms with E-state index >= 15 is 0 Å². The Morgan fingerprint density at radius 1 is 1.26 bits per heavy atom. The third kappa shape index (κ3) is 5.36. The lowest BCUT2D eigenvalue weighted by Crippen LogP contribution is -2.37. The van der Waals surface area contributed by atoms with Gasteiger partial charge in [0.1, 0.15) is 11.9 Å². The Morgan fingerprint density at radius 2 is 2.03 bits per heavy atom. The summed E-state index contributed by atoms with van der Waals surface area (Å²) in [5.74, 6) is 0.954. The molecule has 1 unspecified atom stereocenters. The molecular weight excluding hydrogens is 541 g/mol. The Labute approximate surface area is 196 Å². The van der Waals surface area contributed by atoms with Gasteiger partial charge in [0.2, 0.25) is 11.9 Å². The highest BCUT2D eigenvalue weighted by molar-refractivity contribution is 14.1. The molecule has 0 radical (unpaired) electrons. The quantitative estimate of drug-likeness (QED) is 0.248. The van der Waals surface area contributed by atoms with Crippen molar-refractivity contribution in [2.75, 3.05) is 24.1 Å². The highest BCUT2D eigenvalue weighted by Crippen LogP contribution is 2.46. The standard InChI is InChI=1S/C20H20ClF2IN6O/c21-16-9-12(27-19-28-18(25)29-30-19)8-15(20(22,23)24)17(16)11-3-5-13(6-4-11)31-14-2-1-7-26-10-14/h3-6,8-9,14,26H,1-2,7,10H2,(H4,25,27,28,29,30). The lowest BCUT2D eigenvalue weighted by atomic mass is 9.98. The molecule has 0 bridgehead atoms. The Bertz CT molecular complexity index is 1050. The van der Waals surface area contributed by atoms with Crippen molar-refractivity contribution in [3.05, 3.63) is 47.0 Å². The van der Waals surface area contributed by atoms with Crippen LogP contribution in [0.3, 0.4) is 0 Å². The van der Waals surface area contributed by atoms with Crippen molar-refractivity contribution in [1.82, 2.24) is 20.5 Å². The summed E-state index contributed by atoms with van der Waals surface area (Å²) >= 11 is 7.55. The summed E-state index contributed by atoms with van der Waals surface area (Å²) in [4.78, 5) is 3.91. The molecule has 1 aliphatic rings. The van der Waals surface area contributed by atoms with E-state index < -0.39 is 3.93 Å². The lowest BCUT2D eigenvalue weighted by molar-refractivity contribution is 0.128. The third-order valence-electron chi connectivity index (χ3n) is 4.85. The Hall–Kier alpha value is -2.18. The fourth-order valence-corrected chi connectivity index (χ4v) is 4.22. The monoisotopic (exact) mass is 560 g/mol. The van der Waals surface area contributed by atoms with E-state index in [1.165, 1.54) is 6.07 Å². The molecule has 1 saturated heterocycles. The molecule has 2 heterocycles. The molecule has 1 fully saturated rings. The van der Waals surface area contributed by atoms with Crippen LogP contribution in [0.1, 0.15) is 18.4 Å². The molecule has 0 amide bonds. The van der Waals surface area contributed by atoms with Crippen LogP contribution < -0.4 is 21.1 Å². The molecule has 1 aromatic heterocycles. The number of anilines is 3. The van der Waals surface area contributed by atoms with Gasteiger partial charge in [-0.1, -0.05) is 23.7 Å². The van der Waals surface area contributed by atoms with Gasteiger partial charge >= 0.3 is 3.93 Å². The Kier molecular flexibility index (Phi) is 6.49. The molecule has 1 atom stereocenters. The largest absolute Gasteiger partial charge is 0.489 e. The zero-order valence-electron chi connectivity index (χ0n) is 16.3. The van der Waals surface area contributed by atoms with Gasteiger partial charge in [-0.25, -0.2) is 5.10 Å². The summed E-state index contributed by atoms with van der Waals surface area (Å²) in [7, 11) is 0. The van der Waals surface area contributed by atoms with E-state index in [-0.39, 0.29) is 34.2 Å². The summed E-state index contributed by atoms with van der Waals surface area (Å²) in [6, 6.07) is 9.91. The summed E-state index contributed by atoms with van der Waals surface area (Å²) in [5.41, 5.74) is 6.43. The minimum atomic E-state index is -3.16. The van der Waals surface area contributed by atoms with E-state index in [4.69, 9.17) is 22.1 Å². The number of rotatable bonds is 6. The average Bonchev–Trinajstić information content (AvgIpc) is 3.13. The number of piperidine rings is 1. The normalized spacial score (nSPS) is 16.8. The summed E-state index contributed by atoms with van der Waals surface area (Å²) in [5, 5.41) is 12.6. The van der Waals surface area contributed by atoms with Crippen molar-refractivity contribution in [2.24, 2.45) is 0 Å². The fourth-order valence-electron chi connectivity index (χ4n) is 3.47. The van der Waals surface area contributed by atoms with Crippen molar-refractivity contribution in [3.8, 4) is 16.9 Å². The smallest absolute Gasteiger partial charge is 0.322 e. The van der Waals surface area contributed by atoms with Crippen LogP contribution in [0.2, 0.25) is 5.02 Å². The number of nitrogens with zero attached hydrogens (tertiary/aromatic N) is 2. The molecular formula is C20H20ClF2IN6O. The van der Waals surface area contributed by atoms with Crippen LogP contribution in [-0.4, -0.2) is 34.4 Å². The predicted molar refractivity (Wildman–Crippen MR) is 125 cm³/mol. The number of aromatic amines is 1. The van der Waals surface area contributed by atoms with Crippen LogP contribution in [0.5, 0.6) is 5.75 Å². The average molecular weight is 561 g/mol. The first-order chi connectivity index (χ1) is 14.8. The van der Waals surface area contributed by atoms with Crippen LogP contribution in [0, 0.1) is 0 Å². The second-order valence-corrected chi connectivity index (χ2v) is 8.92. The van der Waals surface area contributed by atoms with E-state index in [1.54, 1.807) is 30.3 Å². The van der Waals surface area contributed by atoms with E-state index in [2.05, 4.69) is 25.8 Å². The summed E-state index contributed by atoms with van der Waals surface area (Å²) in [6.07, 6.45) is 2.15. The van der Waals surface area contributed by atoms with Gasteiger partial charge in [-0.15, -0.1) is 5.10 Å². The van der Waals surface area contributed by atoms with Crippen molar-refractivity contribution >= 4 is 51.8 Å². The molecule has 164 valence electrons. The van der Waals surface area contributed by atoms with Crippen molar-refractivity contribution in [1.29, 1.82) is 0 Å². The number of halogens is 4. The van der Waals surface area contributed by atoms with Crippen LogP contribution in [0.15, 0.2) is 36.4 Å². The van der Waals surface area contributed by atoms with Crippen molar-refractivity contribution in [3.63, 3.8) is 0 Å². The van der Waals surface area contributed by atoms with Crippen molar-refractivity contribution in [2.45, 2.75) is 22.9 Å². The van der Waals surface area contributed by atoms with Crippen LogP contribution >= 0.6 is 34.2 Å². The maximum Gasteiger partial charge on any atom is 0.322 e. The van der Waals surface area contributed by atoms with Gasteiger partial charge in [-0.3, -0.25) is 0 Å². The van der Waals surface area contributed by atoms with E-state index in [0.29, 0.717) is 17.0 Å². The fraction of sp³-hybridized carbons (Fsp3) is 0.300. The highest BCUT2D eigenvalue weighted by atomic mass is 127. The molecule has 5 N–H and O–H groups in total. The topological polar surface area (TPSA) is 101 Å². The summed E-state index contributed by atoms with van der Waals surface area (Å²) < 4.78 is 31.8. The van der Waals surface area contributed by atoms with Gasteiger partial charge in [0, 0.05) is 45.9 Å². The predicted octanol–water partition coefficient (Wildman–Crippen LogP) is 5.07. The number of hydrogen-bond acceptors (Lipinski definition) is 6. The summed E-state index contributed by atoms with van der Waals surface area (Å²) in [6.45, 7) is 1.79. The molecule has 7 nitrogen and oxygen atoms in total. The Morgan fingerprint density at radius 3 is 2.65 bits per heavy atom. The van der Waals surface area contributed by atoms with Gasteiger partial charge in [-0.05, 0) is 49.2 Å². The zero-order valence-corrected chi connectivity index (χ0v) is 19.2. The molecule has 31 heavy (non-hydrogen) atoms. The first-order valence-corrected chi connectivity index (χ1v) is 11.1. The van der Waals surface area contributed by atoms with Crippen LogP contribution in [-0.2, 0) is 3.93 Å². The molecule has 3 aromatic rings. The van der Waals surface area contributed by atoms with E-state index in [0.717, 1.165) is 48.5 Å². The van der Waals surface area contributed by atoms with E-state index in [9.17, 15) is 8.78 Å². The van der Waals surface area contributed by atoms with Crippen molar-refractivity contribution < 1.29 is 13.5 Å². The van der Waals surface area contributed by atoms with Gasteiger partial charge in [-0.2, -0.15) is 13.8 Å². The molecule has 0 aliphatic carbocycles. The SMILES string of the molecule is Nc1nc(Nc2cc(Cl)c(-c3ccc(OC4CCCNC4)cc3)c(C(F)(F)I)c2)n[nH]1. The van der Waals surface area contributed by atoms with Crippen LogP contribution in [0.4, 0.5) is 26.4 Å². The van der Waals surface area contributed by atoms with E-state index in [1.807, 2.05) is 0 Å². The molecule has 0 spiro atoms.